The lowest BCUT2D eigenvalue weighted by atomic mass is 9.91. The summed E-state index contributed by atoms with van der Waals surface area (Å²) < 4.78 is 0. The normalized spacial score (nSPS) is 29.2. The van der Waals surface area contributed by atoms with Gasteiger partial charge < -0.3 is 15.3 Å². The predicted molar refractivity (Wildman–Crippen MR) is 75.7 cm³/mol. The zero-order valence-corrected chi connectivity index (χ0v) is 12.1. The second kappa shape index (κ2) is 6.36. The van der Waals surface area contributed by atoms with Crippen LogP contribution in [0.2, 0.25) is 0 Å². The molecule has 0 aromatic heterocycles. The van der Waals surface area contributed by atoms with Crippen molar-refractivity contribution in [2.45, 2.75) is 51.5 Å². The maximum absolute atomic E-state index is 9.92. The third kappa shape index (κ3) is 3.46. The minimum Gasteiger partial charge on any atom is -0.394 e. The number of aliphatic hydroxyl groups excluding tert-OH is 1. The van der Waals surface area contributed by atoms with Gasteiger partial charge >= 0.3 is 0 Å². The summed E-state index contributed by atoms with van der Waals surface area (Å²) in [5.41, 5.74) is -0.0208. The molecule has 3 heteroatoms. The smallest absolute Gasteiger partial charge is 0.0628 e. The van der Waals surface area contributed by atoms with Crippen LogP contribution in [0.4, 0.5) is 0 Å². The lowest BCUT2D eigenvalue weighted by Crippen LogP contribution is -2.59. The van der Waals surface area contributed by atoms with Crippen molar-refractivity contribution in [2.24, 2.45) is 11.8 Å². The Labute approximate surface area is 112 Å². The van der Waals surface area contributed by atoms with Crippen LogP contribution in [0.3, 0.4) is 0 Å². The Morgan fingerprint density at radius 3 is 2.67 bits per heavy atom. The zero-order chi connectivity index (χ0) is 13.0. The molecule has 1 aliphatic carbocycles. The number of nitrogens with one attached hydrogen (secondary N) is 1. The summed E-state index contributed by atoms with van der Waals surface area (Å²) in [6.07, 6.45) is 6.42. The van der Waals surface area contributed by atoms with Gasteiger partial charge in [0.15, 0.2) is 0 Å². The first-order valence-corrected chi connectivity index (χ1v) is 7.78. The quantitative estimate of drug-likeness (QED) is 0.728. The van der Waals surface area contributed by atoms with E-state index in [2.05, 4.69) is 24.1 Å². The van der Waals surface area contributed by atoms with Crippen LogP contribution in [0.15, 0.2) is 0 Å². The Balaban J connectivity index is 1.94. The standard InChI is InChI=1S/C15H30N2O/c1-3-8-16-15(12-18,14-6-7-14)11-17-9-4-5-13(2)10-17/h13-14,16,18H,3-12H2,1-2H3. The molecule has 18 heavy (non-hydrogen) atoms. The van der Waals surface area contributed by atoms with Gasteiger partial charge in [0, 0.05) is 13.1 Å². The Bertz CT molecular complexity index is 255. The molecule has 0 bridgehead atoms. The lowest BCUT2D eigenvalue weighted by molar-refractivity contribution is 0.0710. The molecular formula is C15H30N2O. The van der Waals surface area contributed by atoms with Crippen molar-refractivity contribution in [3.63, 3.8) is 0 Å². The SMILES string of the molecule is CCCNC(CO)(CN1CCCC(C)C1)C1CC1. The average Bonchev–Trinajstić information content (AvgIpc) is 3.19. The van der Waals surface area contributed by atoms with Crippen LogP contribution in [0.5, 0.6) is 0 Å². The summed E-state index contributed by atoms with van der Waals surface area (Å²) in [5.74, 6) is 1.52. The number of nitrogens with zero attached hydrogens (tertiary/aromatic N) is 1. The van der Waals surface area contributed by atoms with E-state index in [0.29, 0.717) is 12.5 Å². The first kappa shape index (κ1) is 14.3. The molecule has 106 valence electrons. The topological polar surface area (TPSA) is 35.5 Å². The molecule has 1 saturated carbocycles. The molecule has 2 aliphatic rings. The number of hydrogen-bond acceptors (Lipinski definition) is 3. The van der Waals surface area contributed by atoms with E-state index in [0.717, 1.165) is 25.4 Å². The van der Waals surface area contributed by atoms with Crippen molar-refractivity contribution in [1.29, 1.82) is 0 Å². The Hall–Kier alpha value is -0.120. The highest BCUT2D eigenvalue weighted by Gasteiger charge is 2.45. The van der Waals surface area contributed by atoms with Crippen molar-refractivity contribution >= 4 is 0 Å². The van der Waals surface area contributed by atoms with Crippen LogP contribution in [-0.4, -0.2) is 48.3 Å². The highest BCUT2D eigenvalue weighted by atomic mass is 16.3. The Morgan fingerprint density at radius 2 is 2.11 bits per heavy atom. The van der Waals surface area contributed by atoms with Gasteiger partial charge in [-0.3, -0.25) is 0 Å². The molecule has 2 fully saturated rings. The molecule has 2 unspecified atom stereocenters. The predicted octanol–water partition coefficient (Wildman–Crippen LogP) is 1.86. The summed E-state index contributed by atoms with van der Waals surface area (Å²) in [6, 6.07) is 0. The lowest BCUT2D eigenvalue weighted by Gasteiger charge is -2.41. The number of aliphatic hydroxyl groups is 1. The molecule has 0 radical (unpaired) electrons. The molecule has 2 rings (SSSR count). The fourth-order valence-corrected chi connectivity index (χ4v) is 3.40. The van der Waals surface area contributed by atoms with Crippen LogP contribution < -0.4 is 5.32 Å². The van der Waals surface area contributed by atoms with Crippen molar-refractivity contribution in [3.8, 4) is 0 Å². The van der Waals surface area contributed by atoms with Gasteiger partial charge in [-0.05, 0) is 57.0 Å². The van der Waals surface area contributed by atoms with Gasteiger partial charge in [0.05, 0.1) is 12.1 Å². The highest BCUT2D eigenvalue weighted by Crippen LogP contribution is 2.40. The monoisotopic (exact) mass is 254 g/mol. The first-order chi connectivity index (χ1) is 8.70. The van der Waals surface area contributed by atoms with Crippen molar-refractivity contribution in [1.82, 2.24) is 10.2 Å². The van der Waals surface area contributed by atoms with E-state index in [9.17, 15) is 5.11 Å². The largest absolute Gasteiger partial charge is 0.394 e. The maximum Gasteiger partial charge on any atom is 0.0628 e. The highest BCUT2D eigenvalue weighted by molar-refractivity contribution is 5.03. The van der Waals surface area contributed by atoms with Gasteiger partial charge in [-0.25, -0.2) is 0 Å². The van der Waals surface area contributed by atoms with Gasteiger partial charge in [0.1, 0.15) is 0 Å². The number of hydrogen-bond donors (Lipinski definition) is 2. The van der Waals surface area contributed by atoms with Crippen LogP contribution in [-0.2, 0) is 0 Å². The third-order valence-corrected chi connectivity index (χ3v) is 4.61. The Kier molecular flexibility index (Phi) is 5.05. The van der Waals surface area contributed by atoms with Crippen LogP contribution in [0, 0.1) is 11.8 Å². The minimum atomic E-state index is -0.0208. The van der Waals surface area contributed by atoms with E-state index >= 15 is 0 Å². The van der Waals surface area contributed by atoms with Crippen LogP contribution >= 0.6 is 0 Å². The zero-order valence-electron chi connectivity index (χ0n) is 12.1. The molecule has 1 saturated heterocycles. The van der Waals surface area contributed by atoms with Crippen molar-refractivity contribution in [2.75, 3.05) is 32.8 Å². The van der Waals surface area contributed by atoms with E-state index in [-0.39, 0.29) is 5.54 Å². The summed E-state index contributed by atoms with van der Waals surface area (Å²) in [4.78, 5) is 2.57. The minimum absolute atomic E-state index is 0.0208. The first-order valence-electron chi connectivity index (χ1n) is 7.78. The molecule has 2 N–H and O–H groups in total. The average molecular weight is 254 g/mol. The summed E-state index contributed by atoms with van der Waals surface area (Å²) in [5, 5.41) is 13.6. The second-order valence-electron chi connectivity index (χ2n) is 6.50. The van der Waals surface area contributed by atoms with Gasteiger partial charge in [0.2, 0.25) is 0 Å². The number of likely N-dealkylation sites (tertiary alicyclic amines) is 1. The summed E-state index contributed by atoms with van der Waals surface area (Å²) >= 11 is 0. The molecule has 2 atom stereocenters. The van der Waals surface area contributed by atoms with Crippen molar-refractivity contribution < 1.29 is 5.11 Å². The van der Waals surface area contributed by atoms with E-state index in [4.69, 9.17) is 0 Å². The molecule has 0 spiro atoms. The molecule has 1 aliphatic heterocycles. The molecule has 3 nitrogen and oxygen atoms in total. The summed E-state index contributed by atoms with van der Waals surface area (Å²) in [6.45, 7) is 9.34. The van der Waals surface area contributed by atoms with Crippen molar-refractivity contribution in [3.05, 3.63) is 0 Å². The second-order valence-corrected chi connectivity index (χ2v) is 6.50. The third-order valence-electron chi connectivity index (χ3n) is 4.61. The maximum atomic E-state index is 9.92. The molecule has 0 aromatic carbocycles. The molecule has 0 aromatic rings. The van der Waals surface area contributed by atoms with Crippen LogP contribution in [0.1, 0.15) is 46.0 Å². The Morgan fingerprint density at radius 1 is 1.33 bits per heavy atom. The van der Waals surface area contributed by atoms with E-state index in [1.807, 2.05) is 0 Å². The summed E-state index contributed by atoms with van der Waals surface area (Å²) in [7, 11) is 0. The number of rotatable bonds is 7. The van der Waals surface area contributed by atoms with Crippen LogP contribution in [0.25, 0.3) is 0 Å². The fourth-order valence-electron chi connectivity index (χ4n) is 3.40. The van der Waals surface area contributed by atoms with Gasteiger partial charge in [-0.15, -0.1) is 0 Å². The van der Waals surface area contributed by atoms with Gasteiger partial charge in [-0.1, -0.05) is 13.8 Å². The number of piperidine rings is 1. The fraction of sp³-hybridized carbons (Fsp3) is 1.00. The van der Waals surface area contributed by atoms with Gasteiger partial charge in [-0.2, -0.15) is 0 Å². The van der Waals surface area contributed by atoms with E-state index < -0.39 is 0 Å². The van der Waals surface area contributed by atoms with Gasteiger partial charge in [0.25, 0.3) is 0 Å². The molecule has 1 heterocycles. The molecular weight excluding hydrogens is 224 g/mol. The van der Waals surface area contributed by atoms with E-state index in [1.165, 1.54) is 38.8 Å². The molecule has 0 amide bonds. The van der Waals surface area contributed by atoms with E-state index in [1.54, 1.807) is 0 Å².